The fraction of sp³-hybridized carbons (Fsp3) is 0.556. The van der Waals surface area contributed by atoms with E-state index in [0.717, 1.165) is 17.8 Å². The van der Waals surface area contributed by atoms with E-state index in [4.69, 9.17) is 5.11 Å². The van der Waals surface area contributed by atoms with Crippen LogP contribution >= 0.6 is 11.3 Å². The van der Waals surface area contributed by atoms with Crippen molar-refractivity contribution in [3.05, 3.63) is 11.2 Å². The number of aromatic nitrogens is 1. The van der Waals surface area contributed by atoms with E-state index >= 15 is 0 Å². The molecular formula is C9H14N2O4S2. The van der Waals surface area contributed by atoms with Gasteiger partial charge in [0.2, 0.25) is 0 Å². The van der Waals surface area contributed by atoms with E-state index in [1.807, 2.05) is 13.8 Å². The molecular weight excluding hydrogens is 264 g/mol. The summed E-state index contributed by atoms with van der Waals surface area (Å²) in [5.41, 5.74) is 0.785. The van der Waals surface area contributed by atoms with Crippen molar-refractivity contribution in [1.82, 2.24) is 9.71 Å². The fourth-order valence-electron chi connectivity index (χ4n) is 1.03. The molecule has 0 fully saturated rings. The topological polar surface area (TPSA) is 96.4 Å². The number of aromatic carboxylic acids is 1. The average molecular weight is 278 g/mol. The predicted molar refractivity (Wildman–Crippen MR) is 63.7 cm³/mol. The second-order valence-corrected chi connectivity index (χ2v) is 6.48. The number of hydrogen-bond donors (Lipinski definition) is 2. The third kappa shape index (κ3) is 3.48. The van der Waals surface area contributed by atoms with Crippen molar-refractivity contribution < 1.29 is 18.3 Å². The number of thiazole rings is 1. The molecule has 1 aromatic heterocycles. The summed E-state index contributed by atoms with van der Waals surface area (Å²) in [6, 6.07) is 0. The standard InChI is InChI=1S/C9H14N2O4S2/c1-3-6(2)4-11-17(14,15)9-7(8(12)13)10-5-16-9/h5-6,11H,3-4H2,1-2H3,(H,12,13). The average Bonchev–Trinajstić information content (AvgIpc) is 2.75. The van der Waals surface area contributed by atoms with Gasteiger partial charge in [-0.1, -0.05) is 20.3 Å². The van der Waals surface area contributed by atoms with Crippen LogP contribution in [0.2, 0.25) is 0 Å². The molecule has 0 radical (unpaired) electrons. The molecule has 1 rings (SSSR count). The number of hydrogen-bond acceptors (Lipinski definition) is 5. The maximum absolute atomic E-state index is 11.8. The Kier molecular flexibility index (Phi) is 4.61. The Hall–Kier alpha value is -0.990. The van der Waals surface area contributed by atoms with Crippen molar-refractivity contribution in [1.29, 1.82) is 0 Å². The van der Waals surface area contributed by atoms with E-state index in [9.17, 15) is 13.2 Å². The third-order valence-corrected chi connectivity index (χ3v) is 5.09. The Labute approximate surface area is 104 Å². The van der Waals surface area contributed by atoms with Crippen molar-refractivity contribution in [2.75, 3.05) is 6.54 Å². The highest BCUT2D eigenvalue weighted by Gasteiger charge is 2.25. The maximum atomic E-state index is 11.8. The smallest absolute Gasteiger partial charge is 0.356 e. The Morgan fingerprint density at radius 3 is 2.82 bits per heavy atom. The highest BCUT2D eigenvalue weighted by molar-refractivity contribution is 7.91. The molecule has 1 unspecified atom stereocenters. The minimum atomic E-state index is -3.77. The molecule has 2 N–H and O–H groups in total. The Morgan fingerprint density at radius 1 is 1.65 bits per heavy atom. The van der Waals surface area contributed by atoms with Gasteiger partial charge >= 0.3 is 5.97 Å². The summed E-state index contributed by atoms with van der Waals surface area (Å²) in [4.78, 5) is 14.3. The molecule has 0 aliphatic heterocycles. The first-order valence-electron chi connectivity index (χ1n) is 5.05. The number of carboxylic acid groups (broad SMARTS) is 1. The van der Waals surface area contributed by atoms with Gasteiger partial charge in [-0.3, -0.25) is 0 Å². The van der Waals surface area contributed by atoms with Gasteiger partial charge in [0.25, 0.3) is 10.0 Å². The second kappa shape index (κ2) is 5.56. The van der Waals surface area contributed by atoms with Crippen LogP contribution in [-0.2, 0) is 10.0 Å². The van der Waals surface area contributed by atoms with Gasteiger partial charge in [0.05, 0.1) is 5.51 Å². The lowest BCUT2D eigenvalue weighted by Crippen LogP contribution is -2.28. The highest BCUT2D eigenvalue weighted by atomic mass is 32.2. The van der Waals surface area contributed by atoms with Gasteiger partial charge in [0, 0.05) is 6.54 Å². The summed E-state index contributed by atoms with van der Waals surface area (Å²) in [5, 5.41) is 8.79. The largest absolute Gasteiger partial charge is 0.476 e. The minimum Gasteiger partial charge on any atom is -0.476 e. The van der Waals surface area contributed by atoms with Crippen LogP contribution in [0.5, 0.6) is 0 Å². The van der Waals surface area contributed by atoms with Crippen LogP contribution in [-0.4, -0.2) is 31.0 Å². The van der Waals surface area contributed by atoms with Crippen molar-refractivity contribution in [2.45, 2.75) is 24.5 Å². The van der Waals surface area contributed by atoms with E-state index in [-0.39, 0.29) is 16.7 Å². The van der Waals surface area contributed by atoms with Crippen molar-refractivity contribution in [3.63, 3.8) is 0 Å². The molecule has 8 heteroatoms. The van der Waals surface area contributed by atoms with Crippen LogP contribution in [0.15, 0.2) is 9.72 Å². The van der Waals surface area contributed by atoms with Crippen LogP contribution in [0.3, 0.4) is 0 Å². The molecule has 0 spiro atoms. The number of carboxylic acids is 1. The van der Waals surface area contributed by atoms with Crippen molar-refractivity contribution in [2.24, 2.45) is 5.92 Å². The fourth-order valence-corrected chi connectivity index (χ4v) is 3.38. The molecule has 1 heterocycles. The first kappa shape index (κ1) is 14.1. The van der Waals surface area contributed by atoms with Gasteiger partial charge in [-0.15, -0.1) is 11.3 Å². The van der Waals surface area contributed by atoms with E-state index in [2.05, 4.69) is 9.71 Å². The zero-order valence-corrected chi connectivity index (χ0v) is 11.1. The number of nitrogens with zero attached hydrogens (tertiary/aromatic N) is 1. The van der Waals surface area contributed by atoms with Gasteiger partial charge in [0.15, 0.2) is 9.90 Å². The minimum absolute atomic E-state index is 0.200. The van der Waals surface area contributed by atoms with Crippen LogP contribution in [0.1, 0.15) is 30.8 Å². The van der Waals surface area contributed by atoms with Crippen LogP contribution in [0.4, 0.5) is 0 Å². The van der Waals surface area contributed by atoms with Crippen LogP contribution in [0.25, 0.3) is 0 Å². The molecule has 1 aromatic rings. The maximum Gasteiger partial charge on any atom is 0.356 e. The summed E-state index contributed by atoms with van der Waals surface area (Å²) < 4.78 is 25.8. The summed E-state index contributed by atoms with van der Waals surface area (Å²) in [6.07, 6.45) is 0.844. The van der Waals surface area contributed by atoms with Crippen LogP contribution < -0.4 is 4.72 Å². The molecule has 0 aliphatic rings. The second-order valence-electron chi connectivity index (χ2n) is 3.66. The number of sulfonamides is 1. The lowest BCUT2D eigenvalue weighted by Gasteiger charge is -2.09. The molecule has 0 amide bonds. The first-order valence-corrected chi connectivity index (χ1v) is 7.41. The molecule has 0 saturated carbocycles. The molecule has 0 bridgehead atoms. The van der Waals surface area contributed by atoms with E-state index in [1.165, 1.54) is 5.51 Å². The normalized spacial score (nSPS) is 13.5. The van der Waals surface area contributed by atoms with Gasteiger partial charge in [-0.2, -0.15) is 0 Å². The molecule has 1 atom stereocenters. The molecule has 0 aromatic carbocycles. The molecule has 17 heavy (non-hydrogen) atoms. The highest BCUT2D eigenvalue weighted by Crippen LogP contribution is 2.19. The summed E-state index contributed by atoms with van der Waals surface area (Å²) in [7, 11) is -3.77. The Balaban J connectivity index is 2.90. The van der Waals surface area contributed by atoms with Gasteiger partial charge in [-0.05, 0) is 5.92 Å². The molecule has 0 aliphatic carbocycles. The number of carbonyl (C=O) groups is 1. The number of rotatable bonds is 6. The Morgan fingerprint density at radius 2 is 2.29 bits per heavy atom. The van der Waals surface area contributed by atoms with Gasteiger partial charge in [0.1, 0.15) is 0 Å². The summed E-state index contributed by atoms with van der Waals surface area (Å²) in [5.74, 6) is -1.14. The number of nitrogens with one attached hydrogen (secondary N) is 1. The van der Waals surface area contributed by atoms with E-state index in [1.54, 1.807) is 0 Å². The predicted octanol–water partition coefficient (Wildman–Crippen LogP) is 1.17. The van der Waals surface area contributed by atoms with Crippen molar-refractivity contribution in [3.8, 4) is 0 Å². The lowest BCUT2D eigenvalue weighted by molar-refractivity contribution is 0.0687. The van der Waals surface area contributed by atoms with E-state index < -0.39 is 21.7 Å². The molecule has 0 saturated heterocycles. The third-order valence-electron chi connectivity index (χ3n) is 2.30. The summed E-state index contributed by atoms with van der Waals surface area (Å²) in [6.45, 7) is 4.15. The quantitative estimate of drug-likeness (QED) is 0.814. The van der Waals surface area contributed by atoms with Crippen molar-refractivity contribution >= 4 is 27.3 Å². The van der Waals surface area contributed by atoms with Gasteiger partial charge < -0.3 is 5.11 Å². The Bertz CT molecular complexity index is 495. The summed E-state index contributed by atoms with van der Waals surface area (Å²) >= 11 is 0.802. The first-order chi connectivity index (χ1) is 7.88. The zero-order valence-electron chi connectivity index (χ0n) is 9.50. The van der Waals surface area contributed by atoms with Gasteiger partial charge in [-0.25, -0.2) is 22.9 Å². The molecule has 6 nitrogen and oxygen atoms in total. The SMILES string of the molecule is CCC(C)CNS(=O)(=O)c1scnc1C(=O)O. The monoisotopic (exact) mass is 278 g/mol. The van der Waals surface area contributed by atoms with E-state index in [0.29, 0.717) is 0 Å². The molecule has 96 valence electrons. The lowest BCUT2D eigenvalue weighted by atomic mass is 10.1. The zero-order chi connectivity index (χ0) is 13.1. The van der Waals surface area contributed by atoms with Crippen LogP contribution in [0, 0.1) is 5.92 Å².